The van der Waals surface area contributed by atoms with E-state index in [0.717, 1.165) is 36.8 Å². The van der Waals surface area contributed by atoms with E-state index in [2.05, 4.69) is 20.2 Å². The van der Waals surface area contributed by atoms with Crippen molar-refractivity contribution in [1.82, 2.24) is 15.3 Å². The number of benzene rings is 1. The molecule has 1 aromatic carbocycles. The summed E-state index contributed by atoms with van der Waals surface area (Å²) in [6.45, 7) is 1.37. The van der Waals surface area contributed by atoms with Gasteiger partial charge in [0.1, 0.15) is 23.5 Å². The Morgan fingerprint density at radius 2 is 2.16 bits per heavy atom. The summed E-state index contributed by atoms with van der Waals surface area (Å²) in [5, 5.41) is 2.84. The molecule has 1 unspecified atom stereocenters. The summed E-state index contributed by atoms with van der Waals surface area (Å²) in [4.78, 5) is 21.6. The van der Waals surface area contributed by atoms with Crippen molar-refractivity contribution in [3.63, 3.8) is 0 Å². The van der Waals surface area contributed by atoms with Gasteiger partial charge in [-0.3, -0.25) is 4.79 Å². The van der Waals surface area contributed by atoms with E-state index in [1.165, 1.54) is 0 Å². The van der Waals surface area contributed by atoms with Gasteiger partial charge in [0.25, 0.3) is 12.3 Å². The first kappa shape index (κ1) is 17.1. The number of amides is 1. The third-order valence-corrected chi connectivity index (χ3v) is 4.09. The van der Waals surface area contributed by atoms with Crippen molar-refractivity contribution in [2.45, 2.75) is 18.9 Å². The van der Waals surface area contributed by atoms with E-state index in [9.17, 15) is 13.6 Å². The third kappa shape index (κ3) is 3.84. The SMILES string of the molecule is COc1ccccc1N1CCC(NC(=O)c2cc(C(F)F)ncn2)C1. The zero-order valence-electron chi connectivity index (χ0n) is 13.7. The Balaban J connectivity index is 1.65. The van der Waals surface area contributed by atoms with Gasteiger partial charge in [0.2, 0.25) is 0 Å². The molecule has 0 spiro atoms. The van der Waals surface area contributed by atoms with Gasteiger partial charge < -0.3 is 15.0 Å². The van der Waals surface area contributed by atoms with E-state index in [1.807, 2.05) is 24.3 Å². The average Bonchev–Trinajstić information content (AvgIpc) is 3.10. The molecule has 2 heterocycles. The van der Waals surface area contributed by atoms with Gasteiger partial charge in [0.05, 0.1) is 12.8 Å². The lowest BCUT2D eigenvalue weighted by Crippen LogP contribution is -2.37. The van der Waals surface area contributed by atoms with Gasteiger partial charge >= 0.3 is 0 Å². The number of nitrogens with zero attached hydrogens (tertiary/aromatic N) is 3. The van der Waals surface area contributed by atoms with E-state index in [-0.39, 0.29) is 11.7 Å². The quantitative estimate of drug-likeness (QED) is 0.899. The van der Waals surface area contributed by atoms with Gasteiger partial charge in [-0.15, -0.1) is 0 Å². The fourth-order valence-electron chi connectivity index (χ4n) is 2.86. The lowest BCUT2D eigenvalue weighted by Gasteiger charge is -2.21. The largest absolute Gasteiger partial charge is 0.495 e. The van der Waals surface area contributed by atoms with Crippen LogP contribution in [0.2, 0.25) is 0 Å². The molecule has 25 heavy (non-hydrogen) atoms. The molecule has 1 atom stereocenters. The zero-order chi connectivity index (χ0) is 17.8. The number of carbonyl (C=O) groups excluding carboxylic acids is 1. The Bertz CT molecular complexity index is 757. The topological polar surface area (TPSA) is 67.3 Å². The van der Waals surface area contributed by atoms with Crippen LogP contribution in [0.1, 0.15) is 29.0 Å². The number of rotatable bonds is 5. The van der Waals surface area contributed by atoms with Crippen molar-refractivity contribution >= 4 is 11.6 Å². The maximum atomic E-state index is 12.7. The van der Waals surface area contributed by atoms with Crippen LogP contribution in [0, 0.1) is 0 Å². The molecule has 1 amide bonds. The number of halogens is 2. The number of methoxy groups -OCH3 is 1. The molecular weight excluding hydrogens is 330 g/mol. The molecule has 0 radical (unpaired) electrons. The van der Waals surface area contributed by atoms with Crippen LogP contribution in [-0.2, 0) is 0 Å². The second kappa shape index (κ2) is 7.42. The van der Waals surface area contributed by atoms with Crippen LogP contribution in [-0.4, -0.2) is 42.1 Å². The molecule has 1 fully saturated rings. The molecule has 132 valence electrons. The van der Waals surface area contributed by atoms with Gasteiger partial charge in [-0.05, 0) is 24.6 Å². The number of ether oxygens (including phenoxy) is 1. The number of alkyl halides is 2. The fraction of sp³-hybridized carbons (Fsp3) is 0.353. The van der Waals surface area contributed by atoms with Gasteiger partial charge in [-0.2, -0.15) is 0 Å². The minimum atomic E-state index is -2.73. The van der Waals surface area contributed by atoms with Crippen molar-refractivity contribution in [2.75, 3.05) is 25.1 Å². The maximum Gasteiger partial charge on any atom is 0.280 e. The molecular formula is C17H18F2N4O2. The first-order chi connectivity index (χ1) is 12.1. The summed E-state index contributed by atoms with van der Waals surface area (Å²) >= 11 is 0. The first-order valence-electron chi connectivity index (χ1n) is 7.87. The van der Waals surface area contributed by atoms with E-state index in [4.69, 9.17) is 4.74 Å². The molecule has 1 N–H and O–H groups in total. The van der Waals surface area contributed by atoms with Crippen LogP contribution >= 0.6 is 0 Å². The number of anilines is 1. The fourth-order valence-corrected chi connectivity index (χ4v) is 2.86. The molecule has 3 rings (SSSR count). The molecule has 0 saturated carbocycles. The highest BCUT2D eigenvalue weighted by Crippen LogP contribution is 2.30. The first-order valence-corrected chi connectivity index (χ1v) is 7.87. The Morgan fingerprint density at radius 3 is 2.92 bits per heavy atom. The van der Waals surface area contributed by atoms with Gasteiger partial charge in [0.15, 0.2) is 0 Å². The van der Waals surface area contributed by atoms with E-state index in [0.29, 0.717) is 6.54 Å². The number of hydrogen-bond acceptors (Lipinski definition) is 5. The van der Waals surface area contributed by atoms with Gasteiger partial charge in [-0.25, -0.2) is 18.7 Å². The molecule has 1 aliphatic rings. The Labute approximate surface area is 143 Å². The summed E-state index contributed by atoms with van der Waals surface area (Å²) in [6.07, 6.45) is -1.01. The summed E-state index contributed by atoms with van der Waals surface area (Å²) < 4.78 is 30.7. The van der Waals surface area contributed by atoms with Crippen LogP contribution < -0.4 is 15.0 Å². The average molecular weight is 348 g/mol. The predicted octanol–water partition coefficient (Wildman–Crippen LogP) is 2.43. The maximum absolute atomic E-state index is 12.7. The molecule has 1 aliphatic heterocycles. The van der Waals surface area contributed by atoms with E-state index < -0.39 is 18.0 Å². The van der Waals surface area contributed by atoms with Crippen LogP contribution in [0.15, 0.2) is 36.7 Å². The molecule has 0 bridgehead atoms. The lowest BCUT2D eigenvalue weighted by atomic mass is 10.2. The van der Waals surface area contributed by atoms with Crippen molar-refractivity contribution < 1.29 is 18.3 Å². The minimum absolute atomic E-state index is 0.0546. The zero-order valence-corrected chi connectivity index (χ0v) is 13.7. The van der Waals surface area contributed by atoms with E-state index >= 15 is 0 Å². The van der Waals surface area contributed by atoms with Crippen LogP contribution in [0.5, 0.6) is 5.75 Å². The van der Waals surface area contributed by atoms with Gasteiger partial charge in [-0.1, -0.05) is 12.1 Å². The van der Waals surface area contributed by atoms with Crippen molar-refractivity contribution in [3.8, 4) is 5.75 Å². The van der Waals surface area contributed by atoms with Crippen molar-refractivity contribution in [3.05, 3.63) is 48.0 Å². The molecule has 0 aliphatic carbocycles. The van der Waals surface area contributed by atoms with Crippen molar-refractivity contribution in [2.24, 2.45) is 0 Å². The number of aromatic nitrogens is 2. The van der Waals surface area contributed by atoms with E-state index in [1.54, 1.807) is 7.11 Å². The molecule has 1 saturated heterocycles. The normalized spacial score (nSPS) is 17.0. The van der Waals surface area contributed by atoms with Crippen LogP contribution in [0.3, 0.4) is 0 Å². The summed E-state index contributed by atoms with van der Waals surface area (Å²) in [5.41, 5.74) is 0.451. The highest BCUT2D eigenvalue weighted by Gasteiger charge is 2.26. The summed E-state index contributed by atoms with van der Waals surface area (Å²) in [7, 11) is 1.61. The third-order valence-electron chi connectivity index (χ3n) is 4.09. The highest BCUT2D eigenvalue weighted by atomic mass is 19.3. The van der Waals surface area contributed by atoms with Gasteiger partial charge in [0, 0.05) is 19.1 Å². The molecule has 1 aromatic heterocycles. The highest BCUT2D eigenvalue weighted by molar-refractivity contribution is 5.92. The monoisotopic (exact) mass is 348 g/mol. The van der Waals surface area contributed by atoms with Crippen LogP contribution in [0.25, 0.3) is 0 Å². The predicted molar refractivity (Wildman–Crippen MR) is 88.1 cm³/mol. The standard InChI is InChI=1S/C17H18F2N4O2/c1-25-15-5-3-2-4-14(15)23-7-6-11(9-23)22-17(24)13-8-12(16(18)19)20-10-21-13/h2-5,8,10-11,16H,6-7,9H2,1H3,(H,22,24). The number of para-hydroxylation sites is 2. The molecule has 2 aromatic rings. The van der Waals surface area contributed by atoms with Crippen molar-refractivity contribution in [1.29, 1.82) is 0 Å². The summed E-state index contributed by atoms with van der Waals surface area (Å²) in [5.74, 6) is 0.294. The number of carbonyl (C=O) groups is 1. The Hall–Kier alpha value is -2.77. The second-order valence-corrected chi connectivity index (χ2v) is 5.71. The Morgan fingerprint density at radius 1 is 1.36 bits per heavy atom. The number of hydrogen-bond donors (Lipinski definition) is 1. The Kier molecular flexibility index (Phi) is 5.06. The molecule has 8 heteroatoms. The minimum Gasteiger partial charge on any atom is -0.495 e. The number of nitrogens with one attached hydrogen (secondary N) is 1. The van der Waals surface area contributed by atoms with Crippen LogP contribution in [0.4, 0.5) is 14.5 Å². The summed E-state index contributed by atoms with van der Waals surface area (Å²) in [6, 6.07) is 8.59. The second-order valence-electron chi connectivity index (χ2n) is 5.71. The molecule has 6 nitrogen and oxygen atoms in total. The lowest BCUT2D eigenvalue weighted by molar-refractivity contribution is 0.0934. The smallest absolute Gasteiger partial charge is 0.280 e.